The molecule has 0 spiro atoms. The van der Waals surface area contributed by atoms with Crippen LogP contribution in [0.2, 0.25) is 0 Å². The molecule has 109 valence electrons. The van der Waals surface area contributed by atoms with Crippen molar-refractivity contribution in [3.63, 3.8) is 0 Å². The smallest absolute Gasteiger partial charge is 0 e. The Bertz CT molecular complexity index is 415. The van der Waals surface area contributed by atoms with E-state index in [9.17, 15) is 4.79 Å². The largest absolute Gasteiger partial charge is 0.435 e. The Labute approximate surface area is 149 Å². The van der Waals surface area contributed by atoms with Crippen LogP contribution in [0.25, 0.3) is 0 Å². The molecule has 1 radical (unpaired) electrons. The second-order valence-electron chi connectivity index (χ2n) is 4.27. The molecule has 1 nitrogen and oxygen atoms in total. The second kappa shape index (κ2) is 14.7. The maximum Gasteiger partial charge on any atom is 0 e. The quantitative estimate of drug-likeness (QED) is 0.336. The van der Waals surface area contributed by atoms with Gasteiger partial charge in [-0.1, -0.05) is 38.3 Å². The molecule has 3 heteroatoms. The average molecular weight is 612 g/mol. The number of carbonyl (C=O) groups excluding carboxylic acids is 1. The Morgan fingerprint density at radius 2 is 1.95 bits per heavy atom. The Morgan fingerprint density at radius 1 is 1.38 bits per heavy atom. The standard InChI is InChI=1S/C14H19.C4H5O.Rf.Y/c1-4-8-12-9-7-10-14(11-12)13(5-2)6-3;1-3-4(2)5;;/h5,7,9-11H,2,4,6,8H2,1,3H3;1H2,2H3;;/q2*-1;;. The molecule has 0 saturated heterocycles. The number of ketones is 1. The van der Waals surface area contributed by atoms with E-state index in [1.165, 1.54) is 36.8 Å². The molecule has 0 heterocycles. The van der Waals surface area contributed by atoms with Crippen LogP contribution in [0.5, 0.6) is 0 Å². The molecule has 0 aliphatic rings. The zero-order valence-electron chi connectivity index (χ0n) is 13.6. The van der Waals surface area contributed by atoms with Gasteiger partial charge in [0.1, 0.15) is 0 Å². The van der Waals surface area contributed by atoms with Gasteiger partial charge < -0.3 is 10.9 Å². The monoisotopic (exact) mass is 612 g/mol. The Hall–Kier alpha value is -1.66. The molecule has 1 aromatic rings. The first-order chi connectivity index (χ1) is 9.08. The Morgan fingerprint density at radius 3 is 2.33 bits per heavy atom. The molecule has 0 N–H and O–H groups in total. The van der Waals surface area contributed by atoms with Crippen molar-refractivity contribution < 1.29 is 37.5 Å². The minimum Gasteiger partial charge on any atom is -0.435 e. The Balaban J connectivity index is -0.000000405. The summed E-state index contributed by atoms with van der Waals surface area (Å²) in [6.45, 7) is 12.7. The van der Waals surface area contributed by atoms with Crippen LogP contribution in [0.3, 0.4) is 0 Å². The van der Waals surface area contributed by atoms with Crippen molar-refractivity contribution in [2.45, 2.75) is 40.0 Å². The number of carbonyl (C=O) groups is 1. The summed E-state index contributed by atoms with van der Waals surface area (Å²) in [6, 6.07) is 8.78. The number of rotatable bonds is 6. The molecule has 0 amide bonds. The summed E-state index contributed by atoms with van der Waals surface area (Å²) in [6.07, 6.45) is 7.53. The summed E-state index contributed by atoms with van der Waals surface area (Å²) in [4.78, 5) is 9.64. The predicted octanol–water partition coefficient (Wildman–Crippen LogP) is 4.72. The van der Waals surface area contributed by atoms with Gasteiger partial charge in [0.25, 0.3) is 0 Å². The number of hydrogen-bond donors (Lipinski definition) is 0. The van der Waals surface area contributed by atoms with E-state index in [1.54, 1.807) is 0 Å². The van der Waals surface area contributed by atoms with Crippen molar-refractivity contribution in [1.29, 1.82) is 0 Å². The molecule has 0 aromatic heterocycles. The summed E-state index contributed by atoms with van der Waals surface area (Å²) in [7, 11) is 0. The van der Waals surface area contributed by atoms with E-state index in [2.05, 4.69) is 57.3 Å². The van der Waals surface area contributed by atoms with Crippen molar-refractivity contribution in [1.82, 2.24) is 0 Å². The number of aryl methyl sites for hydroxylation is 1. The van der Waals surface area contributed by atoms with E-state index in [0.717, 1.165) is 6.42 Å². The van der Waals surface area contributed by atoms with E-state index in [0.29, 0.717) is 0 Å². The fourth-order valence-electron chi connectivity index (χ4n) is 1.68. The molecule has 1 rings (SSSR count). The molecule has 0 bridgehead atoms. The minimum absolute atomic E-state index is 0. The molecule has 21 heavy (non-hydrogen) atoms. The maximum absolute atomic E-state index is 9.64. The molecule has 0 atom stereocenters. The number of benzene rings is 1. The number of allylic oxidation sites excluding steroid dienone is 2. The normalized spacial score (nSPS) is 8.14. The van der Waals surface area contributed by atoms with Crippen LogP contribution < -0.4 is 0 Å². The predicted molar refractivity (Wildman–Crippen MR) is 82.8 cm³/mol. The van der Waals surface area contributed by atoms with Gasteiger partial charge in [0.05, 0.1) is 0 Å². The first-order valence-electron chi connectivity index (χ1n) is 6.70. The zero-order chi connectivity index (χ0) is 14.7. The minimum atomic E-state index is -0.106. The molecule has 1 aromatic carbocycles. The van der Waals surface area contributed by atoms with Gasteiger partial charge in [-0.15, -0.1) is 35.8 Å². The van der Waals surface area contributed by atoms with Crippen LogP contribution in [0.15, 0.2) is 43.5 Å². The first kappa shape index (κ1) is 24.4. The zero-order valence-corrected chi connectivity index (χ0v) is 22.9. The topological polar surface area (TPSA) is 17.1 Å². The fraction of sp³-hybridized carbons (Fsp3) is 0.333. The second-order valence-corrected chi connectivity index (χ2v) is 4.27. The first-order valence-corrected chi connectivity index (χ1v) is 6.70. The van der Waals surface area contributed by atoms with Crippen LogP contribution in [0, 0.1) is 12.0 Å². The van der Waals surface area contributed by atoms with Crippen molar-refractivity contribution >= 4 is 5.78 Å². The SMILES string of the molecule is C=C[C-](CC)c1cccc(CCC)c1.C=[C-]C(C)=O.[Rf].[Y]. The van der Waals surface area contributed by atoms with Gasteiger partial charge in [0.2, 0.25) is 0 Å². The summed E-state index contributed by atoms with van der Waals surface area (Å²) < 4.78 is 0. The van der Waals surface area contributed by atoms with Crippen LogP contribution >= 0.6 is 0 Å². The van der Waals surface area contributed by atoms with Crippen LogP contribution in [0.1, 0.15) is 44.7 Å². The van der Waals surface area contributed by atoms with E-state index in [1.807, 2.05) is 6.08 Å². The van der Waals surface area contributed by atoms with Crippen LogP contribution in [0.4, 0.5) is 0 Å². The maximum atomic E-state index is 9.64. The van der Waals surface area contributed by atoms with Crippen LogP contribution in [-0.4, -0.2) is 5.78 Å². The van der Waals surface area contributed by atoms with E-state index in [4.69, 9.17) is 0 Å². The molecule has 0 fully saturated rings. The molecule has 0 aliphatic heterocycles. The van der Waals surface area contributed by atoms with Gasteiger partial charge in [0, 0.05) is 32.7 Å². The van der Waals surface area contributed by atoms with Gasteiger partial charge in [-0.05, 0) is 19.1 Å². The summed E-state index contributed by atoms with van der Waals surface area (Å²) in [5, 5.41) is 0. The van der Waals surface area contributed by atoms with Gasteiger partial charge >= 0.3 is 0 Å². The fourth-order valence-corrected chi connectivity index (χ4v) is 1.68. The molecular weight excluding hydrogens is 588 g/mol. The molecular formula is C18H24ORfY-2. The van der Waals surface area contributed by atoms with Crippen molar-refractivity contribution in [3.05, 3.63) is 66.6 Å². The third-order valence-corrected chi connectivity index (χ3v) is 2.71. The van der Waals surface area contributed by atoms with Gasteiger partial charge in [-0.3, -0.25) is 6.58 Å². The molecule has 0 aliphatic carbocycles. The molecule has 0 unspecified atom stereocenters. The van der Waals surface area contributed by atoms with E-state index in [-0.39, 0.29) is 38.5 Å². The van der Waals surface area contributed by atoms with Gasteiger partial charge in [0.15, 0.2) is 0 Å². The van der Waals surface area contributed by atoms with Gasteiger partial charge in [-0.2, -0.15) is 6.58 Å². The third-order valence-electron chi connectivity index (χ3n) is 2.71. The number of hydrogen-bond acceptors (Lipinski definition) is 1. The third kappa shape index (κ3) is 10.8. The van der Waals surface area contributed by atoms with Crippen molar-refractivity contribution in [3.8, 4) is 0 Å². The average Bonchev–Trinajstić information content (AvgIpc) is 2.42. The van der Waals surface area contributed by atoms with Crippen molar-refractivity contribution in [2.75, 3.05) is 0 Å². The Kier molecular flexibility index (Phi) is 17.1. The summed E-state index contributed by atoms with van der Waals surface area (Å²) in [5.41, 5.74) is 2.76. The van der Waals surface area contributed by atoms with E-state index >= 15 is 0 Å². The number of Topliss-reactive ketones (excluding diaryl/α,β-unsaturated/α-hetero) is 1. The summed E-state index contributed by atoms with van der Waals surface area (Å²) in [5.74, 6) is 1.23. The van der Waals surface area contributed by atoms with E-state index < -0.39 is 0 Å². The summed E-state index contributed by atoms with van der Waals surface area (Å²) >= 11 is 0. The molecule has 0 saturated carbocycles. The van der Waals surface area contributed by atoms with Gasteiger partial charge in [-0.25, -0.2) is 0 Å². The van der Waals surface area contributed by atoms with Crippen molar-refractivity contribution in [2.24, 2.45) is 0 Å². The van der Waals surface area contributed by atoms with Crippen LogP contribution in [-0.2, 0) is 43.9 Å².